The van der Waals surface area contributed by atoms with Gasteiger partial charge in [0.05, 0.1) is 0 Å². The Labute approximate surface area is 126 Å². The molecular formula is C12H16N4O5S. The molecule has 2 aromatic rings. The van der Waals surface area contributed by atoms with Crippen LogP contribution in [0.25, 0.3) is 0 Å². The van der Waals surface area contributed by atoms with Crippen molar-refractivity contribution in [2.24, 2.45) is 5.92 Å². The van der Waals surface area contributed by atoms with Crippen LogP contribution in [0.1, 0.15) is 42.1 Å². The quantitative estimate of drug-likeness (QED) is 0.721. The largest absolute Gasteiger partial charge is 0.477 e. The minimum atomic E-state index is -3.93. The summed E-state index contributed by atoms with van der Waals surface area (Å²) in [5.41, 5.74) is -0.213. The molecule has 1 unspecified atom stereocenters. The second kappa shape index (κ2) is 5.89. The van der Waals surface area contributed by atoms with Crippen molar-refractivity contribution in [1.82, 2.24) is 19.8 Å². The molecule has 9 nitrogen and oxygen atoms in total. The SMILES string of the molecule is Cc1noc(C(NS(=O)(=O)c2c[nH]c(C(=O)O)c2)C(C)C)n1. The minimum Gasteiger partial charge on any atom is -0.477 e. The number of hydrogen-bond donors (Lipinski definition) is 3. The molecule has 0 saturated heterocycles. The number of hydrogen-bond acceptors (Lipinski definition) is 6. The molecule has 0 aromatic carbocycles. The molecule has 120 valence electrons. The van der Waals surface area contributed by atoms with Gasteiger partial charge in [-0.25, -0.2) is 13.2 Å². The van der Waals surface area contributed by atoms with Crippen LogP contribution in [0.4, 0.5) is 0 Å². The van der Waals surface area contributed by atoms with E-state index in [9.17, 15) is 13.2 Å². The zero-order valence-corrected chi connectivity index (χ0v) is 13.0. The first kappa shape index (κ1) is 16.2. The molecule has 0 fully saturated rings. The zero-order valence-electron chi connectivity index (χ0n) is 12.2. The van der Waals surface area contributed by atoms with Crippen molar-refractivity contribution in [1.29, 1.82) is 0 Å². The van der Waals surface area contributed by atoms with Gasteiger partial charge >= 0.3 is 5.97 Å². The Morgan fingerprint density at radius 3 is 2.59 bits per heavy atom. The molecule has 10 heteroatoms. The van der Waals surface area contributed by atoms with Crippen molar-refractivity contribution in [3.8, 4) is 0 Å². The molecule has 0 aliphatic heterocycles. The lowest BCUT2D eigenvalue weighted by molar-refractivity contribution is 0.0691. The third-order valence-electron chi connectivity index (χ3n) is 2.96. The van der Waals surface area contributed by atoms with Crippen molar-refractivity contribution >= 4 is 16.0 Å². The highest BCUT2D eigenvalue weighted by atomic mass is 32.2. The van der Waals surface area contributed by atoms with Gasteiger partial charge < -0.3 is 14.6 Å². The fourth-order valence-corrected chi connectivity index (χ4v) is 3.13. The Morgan fingerprint density at radius 1 is 1.45 bits per heavy atom. The molecule has 1 atom stereocenters. The maximum Gasteiger partial charge on any atom is 0.352 e. The third kappa shape index (κ3) is 3.34. The summed E-state index contributed by atoms with van der Waals surface area (Å²) in [7, 11) is -3.93. The first-order valence-electron chi connectivity index (χ1n) is 6.45. The van der Waals surface area contributed by atoms with Gasteiger partial charge in [-0.05, 0) is 18.9 Å². The van der Waals surface area contributed by atoms with Gasteiger partial charge in [-0.1, -0.05) is 19.0 Å². The van der Waals surface area contributed by atoms with E-state index in [2.05, 4.69) is 19.8 Å². The van der Waals surface area contributed by atoms with Crippen LogP contribution < -0.4 is 4.72 Å². The van der Waals surface area contributed by atoms with Crippen LogP contribution in [-0.2, 0) is 10.0 Å². The number of aryl methyl sites for hydroxylation is 1. The highest BCUT2D eigenvalue weighted by molar-refractivity contribution is 7.89. The Morgan fingerprint density at radius 2 is 2.14 bits per heavy atom. The summed E-state index contributed by atoms with van der Waals surface area (Å²) in [6.07, 6.45) is 1.11. The first-order valence-corrected chi connectivity index (χ1v) is 7.93. The number of rotatable bonds is 6. The van der Waals surface area contributed by atoms with Gasteiger partial charge in [-0.2, -0.15) is 9.71 Å². The number of nitrogens with one attached hydrogen (secondary N) is 2. The Bertz CT molecular complexity index is 777. The maximum atomic E-state index is 12.3. The number of H-pyrrole nitrogens is 1. The van der Waals surface area contributed by atoms with E-state index in [0.29, 0.717) is 5.82 Å². The van der Waals surface area contributed by atoms with Crippen LogP contribution in [0.3, 0.4) is 0 Å². The summed E-state index contributed by atoms with van der Waals surface area (Å²) in [6, 6.07) is 0.329. The first-order chi connectivity index (χ1) is 10.2. The summed E-state index contributed by atoms with van der Waals surface area (Å²) in [5.74, 6) is -0.832. The fourth-order valence-electron chi connectivity index (χ4n) is 1.80. The lowest BCUT2D eigenvalue weighted by Crippen LogP contribution is -2.32. The molecule has 0 spiro atoms. The van der Waals surface area contributed by atoms with Gasteiger partial charge in [0.2, 0.25) is 15.9 Å². The lowest BCUT2D eigenvalue weighted by atomic mass is 10.1. The molecular weight excluding hydrogens is 312 g/mol. The van der Waals surface area contributed by atoms with Crippen LogP contribution in [-0.4, -0.2) is 34.6 Å². The van der Waals surface area contributed by atoms with E-state index in [-0.39, 0.29) is 22.4 Å². The highest BCUT2D eigenvalue weighted by Gasteiger charge is 2.29. The summed E-state index contributed by atoms with van der Waals surface area (Å²) in [6.45, 7) is 5.23. The van der Waals surface area contributed by atoms with Crippen LogP contribution >= 0.6 is 0 Å². The van der Waals surface area contributed by atoms with E-state index in [0.717, 1.165) is 12.3 Å². The number of carboxylic acids is 1. The molecule has 2 rings (SSSR count). The van der Waals surface area contributed by atoms with Gasteiger partial charge in [0.15, 0.2) is 5.82 Å². The van der Waals surface area contributed by atoms with E-state index in [4.69, 9.17) is 9.63 Å². The van der Waals surface area contributed by atoms with Crippen molar-refractivity contribution in [2.45, 2.75) is 31.7 Å². The molecule has 2 heterocycles. The number of aromatic amines is 1. The number of aromatic nitrogens is 3. The average Bonchev–Trinajstić information content (AvgIpc) is 3.04. The van der Waals surface area contributed by atoms with Crippen LogP contribution in [0.5, 0.6) is 0 Å². The molecule has 2 aromatic heterocycles. The summed E-state index contributed by atoms with van der Waals surface area (Å²) in [4.78, 5) is 17.1. The molecule has 22 heavy (non-hydrogen) atoms. The van der Waals surface area contributed by atoms with Gasteiger partial charge in [-0.3, -0.25) is 0 Å². The zero-order chi connectivity index (χ0) is 16.5. The number of carboxylic acid groups (broad SMARTS) is 1. The fraction of sp³-hybridized carbons (Fsp3) is 0.417. The average molecular weight is 328 g/mol. The van der Waals surface area contributed by atoms with Crippen LogP contribution in [0.2, 0.25) is 0 Å². The van der Waals surface area contributed by atoms with Gasteiger partial charge in [-0.15, -0.1) is 0 Å². The van der Waals surface area contributed by atoms with E-state index in [1.54, 1.807) is 20.8 Å². The Balaban J connectivity index is 2.30. The molecule has 0 radical (unpaired) electrons. The van der Waals surface area contributed by atoms with Crippen molar-refractivity contribution in [2.75, 3.05) is 0 Å². The van der Waals surface area contributed by atoms with Crippen molar-refractivity contribution < 1.29 is 22.8 Å². The standard InChI is InChI=1S/C12H16N4O5S/c1-6(2)10(11-14-7(3)15-21-11)16-22(19,20)8-4-9(12(17)18)13-5-8/h4-6,10,13,16H,1-3H3,(H,17,18). The van der Waals surface area contributed by atoms with Crippen LogP contribution in [0.15, 0.2) is 21.7 Å². The topological polar surface area (TPSA) is 138 Å². The molecule has 0 aliphatic carbocycles. The monoisotopic (exact) mass is 328 g/mol. The summed E-state index contributed by atoms with van der Waals surface area (Å²) >= 11 is 0. The second-order valence-electron chi connectivity index (χ2n) is 5.08. The summed E-state index contributed by atoms with van der Waals surface area (Å²) in [5, 5.41) is 12.5. The molecule has 0 bridgehead atoms. The number of nitrogens with zero attached hydrogens (tertiary/aromatic N) is 2. The number of carbonyl (C=O) groups is 1. The Kier molecular flexibility index (Phi) is 4.33. The van der Waals surface area contributed by atoms with Gasteiger partial charge in [0.1, 0.15) is 16.6 Å². The lowest BCUT2D eigenvalue weighted by Gasteiger charge is -2.17. The number of aromatic carboxylic acids is 1. The van der Waals surface area contributed by atoms with Gasteiger partial charge in [0, 0.05) is 6.20 Å². The van der Waals surface area contributed by atoms with E-state index >= 15 is 0 Å². The van der Waals surface area contributed by atoms with E-state index in [1.807, 2.05) is 0 Å². The predicted molar refractivity (Wildman–Crippen MR) is 74.7 cm³/mol. The molecule has 3 N–H and O–H groups in total. The summed E-state index contributed by atoms with van der Waals surface area (Å²) < 4.78 is 32.2. The smallest absolute Gasteiger partial charge is 0.352 e. The second-order valence-corrected chi connectivity index (χ2v) is 6.79. The normalized spacial score (nSPS) is 13.5. The minimum absolute atomic E-state index is 0.146. The van der Waals surface area contributed by atoms with Crippen molar-refractivity contribution in [3.05, 3.63) is 29.7 Å². The van der Waals surface area contributed by atoms with E-state index in [1.165, 1.54) is 0 Å². The van der Waals surface area contributed by atoms with Crippen LogP contribution in [0, 0.1) is 12.8 Å². The van der Waals surface area contributed by atoms with Crippen molar-refractivity contribution in [3.63, 3.8) is 0 Å². The van der Waals surface area contributed by atoms with Gasteiger partial charge in [0.25, 0.3) is 0 Å². The predicted octanol–water partition coefficient (Wildman–Crippen LogP) is 1.08. The van der Waals surface area contributed by atoms with E-state index < -0.39 is 22.0 Å². The molecule has 0 saturated carbocycles. The third-order valence-corrected chi connectivity index (χ3v) is 4.38. The molecule has 0 amide bonds. The molecule has 0 aliphatic rings. The maximum absolute atomic E-state index is 12.3. The number of sulfonamides is 1. The highest BCUT2D eigenvalue weighted by Crippen LogP contribution is 2.23. The Hall–Kier alpha value is -2.20.